The van der Waals surface area contributed by atoms with E-state index in [0.717, 1.165) is 42.5 Å². The molecule has 1 aromatic heterocycles. The second-order valence-electron chi connectivity index (χ2n) is 8.65. The monoisotopic (exact) mass is 467 g/mol. The van der Waals surface area contributed by atoms with Crippen LogP contribution >= 0.6 is 11.3 Å². The molecule has 172 valence electrons. The smallest absolute Gasteiger partial charge is 0.253 e. The van der Waals surface area contributed by atoms with Gasteiger partial charge in [0.1, 0.15) is 5.82 Å². The Hall–Kier alpha value is -2.84. The molecule has 2 saturated heterocycles. The van der Waals surface area contributed by atoms with Crippen LogP contribution in [0.25, 0.3) is 10.2 Å². The highest BCUT2D eigenvalue weighted by Gasteiger charge is 2.35. The van der Waals surface area contributed by atoms with Crippen molar-refractivity contribution in [1.29, 1.82) is 0 Å². The third-order valence-electron chi connectivity index (χ3n) is 6.34. The minimum atomic E-state index is -0.376. The molecular weight excluding hydrogens is 441 g/mol. The number of hydrogen-bond acceptors (Lipinski definition) is 5. The third-order valence-corrected chi connectivity index (χ3v) is 7.40. The minimum absolute atomic E-state index is 0.00139. The van der Waals surface area contributed by atoms with Gasteiger partial charge in [-0.3, -0.25) is 14.5 Å². The van der Waals surface area contributed by atoms with Crippen LogP contribution in [0.3, 0.4) is 0 Å². The van der Waals surface area contributed by atoms with Gasteiger partial charge in [-0.2, -0.15) is 0 Å². The molecule has 8 heteroatoms. The van der Waals surface area contributed by atoms with Gasteiger partial charge >= 0.3 is 0 Å². The molecule has 2 amide bonds. The molecule has 2 unspecified atom stereocenters. The predicted octanol–water partition coefficient (Wildman–Crippen LogP) is 4.50. The summed E-state index contributed by atoms with van der Waals surface area (Å²) in [5, 5.41) is 0.679. The number of nitrogens with zero attached hydrogens (tertiary/aromatic N) is 3. The number of amides is 2. The summed E-state index contributed by atoms with van der Waals surface area (Å²) in [7, 11) is 0. The van der Waals surface area contributed by atoms with Gasteiger partial charge in [0.2, 0.25) is 5.91 Å². The Bertz CT molecular complexity index is 1110. The molecule has 2 aliphatic heterocycles. The molecule has 33 heavy (non-hydrogen) atoms. The van der Waals surface area contributed by atoms with Gasteiger partial charge in [-0.1, -0.05) is 23.5 Å². The molecule has 6 nitrogen and oxygen atoms in total. The number of para-hydroxylation sites is 1. The summed E-state index contributed by atoms with van der Waals surface area (Å²) in [6.07, 6.45) is 3.39. The topological polar surface area (TPSA) is 62.7 Å². The predicted molar refractivity (Wildman–Crippen MR) is 126 cm³/mol. The Morgan fingerprint density at radius 2 is 1.94 bits per heavy atom. The summed E-state index contributed by atoms with van der Waals surface area (Å²) in [6.45, 7) is 2.13. The van der Waals surface area contributed by atoms with E-state index in [2.05, 4.69) is 0 Å². The van der Waals surface area contributed by atoms with E-state index in [0.29, 0.717) is 30.3 Å². The van der Waals surface area contributed by atoms with Gasteiger partial charge in [0.15, 0.2) is 5.13 Å². The lowest BCUT2D eigenvalue weighted by Crippen LogP contribution is -2.48. The summed E-state index contributed by atoms with van der Waals surface area (Å²) >= 11 is 1.51. The number of benzene rings is 2. The first kappa shape index (κ1) is 22.0. The average Bonchev–Trinajstić information content (AvgIpc) is 3.52. The lowest BCUT2D eigenvalue weighted by Gasteiger charge is -2.35. The van der Waals surface area contributed by atoms with Crippen molar-refractivity contribution in [3.63, 3.8) is 0 Å². The van der Waals surface area contributed by atoms with E-state index in [-0.39, 0.29) is 29.7 Å². The first-order chi connectivity index (χ1) is 16.1. The van der Waals surface area contributed by atoms with Crippen molar-refractivity contribution in [2.45, 2.75) is 31.8 Å². The van der Waals surface area contributed by atoms with Crippen LogP contribution in [-0.2, 0) is 9.53 Å². The quantitative estimate of drug-likeness (QED) is 0.554. The number of anilines is 1. The van der Waals surface area contributed by atoms with E-state index in [1.807, 2.05) is 24.3 Å². The zero-order chi connectivity index (χ0) is 22.8. The summed E-state index contributed by atoms with van der Waals surface area (Å²) in [5.74, 6) is -0.866. The number of thiazole rings is 1. The molecule has 2 aliphatic rings. The fraction of sp³-hybridized carbons (Fsp3) is 0.400. The van der Waals surface area contributed by atoms with Gasteiger partial charge in [-0.25, -0.2) is 9.37 Å². The molecule has 2 atom stereocenters. The second-order valence-corrected chi connectivity index (χ2v) is 9.65. The zero-order valence-corrected chi connectivity index (χ0v) is 19.1. The number of aromatic nitrogens is 1. The standard InChI is InChI=1S/C25H26FN3O3S/c26-19-11-9-17(10-12-19)23(30)28-13-3-5-18(15-28)24(31)29(16-20-6-4-14-32-20)25-27-21-7-1-2-8-22(21)33-25/h1-2,7-12,18,20H,3-6,13-16H2. The highest BCUT2D eigenvalue weighted by molar-refractivity contribution is 7.22. The molecule has 5 rings (SSSR count). The van der Waals surface area contributed by atoms with Crippen LogP contribution < -0.4 is 4.90 Å². The number of rotatable bonds is 5. The van der Waals surface area contributed by atoms with Crippen molar-refractivity contribution in [2.24, 2.45) is 5.92 Å². The molecule has 3 aromatic rings. The average molecular weight is 468 g/mol. The summed E-state index contributed by atoms with van der Waals surface area (Å²) < 4.78 is 20.1. The van der Waals surface area contributed by atoms with E-state index in [1.165, 1.54) is 35.6 Å². The third kappa shape index (κ3) is 4.77. The van der Waals surface area contributed by atoms with Crippen LogP contribution in [0.5, 0.6) is 0 Å². The van der Waals surface area contributed by atoms with E-state index in [9.17, 15) is 14.0 Å². The summed E-state index contributed by atoms with van der Waals surface area (Å²) in [4.78, 5) is 34.9. The Morgan fingerprint density at radius 3 is 2.70 bits per heavy atom. The fourth-order valence-corrected chi connectivity index (χ4v) is 5.57. The number of carbonyl (C=O) groups is 2. The normalized spacial score (nSPS) is 20.8. The largest absolute Gasteiger partial charge is 0.376 e. The molecule has 0 saturated carbocycles. The number of ether oxygens (including phenoxy) is 1. The van der Waals surface area contributed by atoms with Crippen LogP contribution in [0.15, 0.2) is 48.5 Å². The SMILES string of the molecule is O=C(c1ccc(F)cc1)N1CCCC(C(=O)N(CC2CCCO2)c2nc3ccccc3s2)C1. The van der Waals surface area contributed by atoms with Crippen molar-refractivity contribution in [1.82, 2.24) is 9.88 Å². The van der Waals surface area contributed by atoms with E-state index in [1.54, 1.807) is 9.80 Å². The van der Waals surface area contributed by atoms with Crippen molar-refractivity contribution < 1.29 is 18.7 Å². The Morgan fingerprint density at radius 1 is 1.12 bits per heavy atom. The first-order valence-corrected chi connectivity index (χ1v) is 12.2. The molecule has 2 aromatic carbocycles. The van der Waals surface area contributed by atoms with Gasteiger partial charge in [0, 0.05) is 25.3 Å². The van der Waals surface area contributed by atoms with Gasteiger partial charge in [0.05, 0.1) is 28.8 Å². The highest BCUT2D eigenvalue weighted by Crippen LogP contribution is 2.32. The molecular formula is C25H26FN3O3S. The number of carbonyl (C=O) groups excluding carboxylic acids is 2. The fourth-order valence-electron chi connectivity index (χ4n) is 4.59. The van der Waals surface area contributed by atoms with Gasteiger partial charge < -0.3 is 9.64 Å². The molecule has 0 aliphatic carbocycles. The molecule has 0 N–H and O–H groups in total. The van der Waals surface area contributed by atoms with Crippen molar-refractivity contribution in [2.75, 3.05) is 31.1 Å². The molecule has 0 bridgehead atoms. The maximum absolute atomic E-state index is 13.8. The maximum atomic E-state index is 13.8. The number of halogens is 1. The Balaban J connectivity index is 1.37. The van der Waals surface area contributed by atoms with Crippen LogP contribution in [-0.4, -0.2) is 54.0 Å². The summed E-state index contributed by atoms with van der Waals surface area (Å²) in [5.41, 5.74) is 1.31. The van der Waals surface area contributed by atoms with E-state index >= 15 is 0 Å². The maximum Gasteiger partial charge on any atom is 0.253 e. The van der Waals surface area contributed by atoms with E-state index in [4.69, 9.17) is 9.72 Å². The van der Waals surface area contributed by atoms with E-state index < -0.39 is 0 Å². The van der Waals surface area contributed by atoms with Crippen molar-refractivity contribution >= 4 is 38.5 Å². The molecule has 3 heterocycles. The lowest BCUT2D eigenvalue weighted by atomic mass is 9.95. The number of piperidine rings is 1. The zero-order valence-electron chi connectivity index (χ0n) is 18.3. The van der Waals surface area contributed by atoms with Crippen LogP contribution in [0, 0.1) is 11.7 Å². The van der Waals surface area contributed by atoms with Crippen LogP contribution in [0.4, 0.5) is 9.52 Å². The van der Waals surface area contributed by atoms with Crippen molar-refractivity contribution in [3.8, 4) is 0 Å². The molecule has 2 fully saturated rings. The Kier molecular flexibility index (Phi) is 6.37. The lowest BCUT2D eigenvalue weighted by molar-refractivity contribution is -0.124. The minimum Gasteiger partial charge on any atom is -0.376 e. The number of fused-ring (bicyclic) bond motifs is 1. The first-order valence-electron chi connectivity index (χ1n) is 11.4. The van der Waals surface area contributed by atoms with Crippen LogP contribution in [0.2, 0.25) is 0 Å². The molecule has 0 radical (unpaired) electrons. The Labute approximate surface area is 196 Å². The van der Waals surface area contributed by atoms with Crippen LogP contribution in [0.1, 0.15) is 36.0 Å². The van der Waals surface area contributed by atoms with Gasteiger partial charge in [-0.05, 0) is 62.1 Å². The van der Waals surface area contributed by atoms with Gasteiger partial charge in [0.25, 0.3) is 5.91 Å². The number of likely N-dealkylation sites (tertiary alicyclic amines) is 1. The second kappa shape index (κ2) is 9.57. The van der Waals surface area contributed by atoms with Crippen molar-refractivity contribution in [3.05, 3.63) is 59.9 Å². The molecule has 0 spiro atoms. The number of hydrogen-bond donors (Lipinski definition) is 0. The summed E-state index contributed by atoms with van der Waals surface area (Å²) in [6, 6.07) is 13.4. The highest BCUT2D eigenvalue weighted by atomic mass is 32.1. The van der Waals surface area contributed by atoms with Gasteiger partial charge in [-0.15, -0.1) is 0 Å².